The Morgan fingerprint density at radius 1 is 0.848 bits per heavy atom. The molecule has 0 radical (unpaired) electrons. The molecule has 2 N–H and O–H groups in total. The Morgan fingerprint density at radius 2 is 1.55 bits per heavy atom. The summed E-state index contributed by atoms with van der Waals surface area (Å²) in [6.07, 6.45) is 0.798. The van der Waals surface area contributed by atoms with E-state index in [1.54, 1.807) is 24.3 Å². The van der Waals surface area contributed by atoms with Gasteiger partial charge in [0.1, 0.15) is 0 Å². The minimum atomic E-state index is -0.397. The molecule has 0 aliphatic rings. The Morgan fingerprint density at radius 3 is 2.27 bits per heavy atom. The van der Waals surface area contributed by atoms with Gasteiger partial charge in [-0.25, -0.2) is 0 Å². The summed E-state index contributed by atoms with van der Waals surface area (Å²) in [6.45, 7) is 0.420. The van der Waals surface area contributed by atoms with E-state index in [1.807, 2.05) is 54.6 Å². The van der Waals surface area contributed by atoms with Crippen molar-refractivity contribution in [3.63, 3.8) is 0 Å². The Kier molecular flexibility index (Phi) is 7.06. The number of carbonyl (C=O) groups is 2. The van der Waals surface area contributed by atoms with Gasteiger partial charge in [-0.2, -0.15) is 4.80 Å². The van der Waals surface area contributed by atoms with E-state index in [-0.39, 0.29) is 12.3 Å². The fourth-order valence-corrected chi connectivity index (χ4v) is 3.23. The molecule has 166 valence electrons. The Hall–Kier alpha value is -4.04. The minimum absolute atomic E-state index is 0.247. The smallest absolute Gasteiger partial charge is 0.269 e. The topological polar surface area (TPSA) is 102 Å². The first-order chi connectivity index (χ1) is 16.1. The number of hydrogen-bond acceptors (Lipinski definition) is 5. The van der Waals surface area contributed by atoms with Crippen LogP contribution in [-0.4, -0.2) is 32.0 Å². The maximum absolute atomic E-state index is 12.3. The van der Waals surface area contributed by atoms with E-state index in [9.17, 15) is 9.59 Å². The summed E-state index contributed by atoms with van der Waals surface area (Å²) in [4.78, 5) is 25.8. The predicted octanol–water partition coefficient (Wildman–Crippen LogP) is 3.44. The number of aromatic nitrogens is 4. The molecule has 1 aromatic heterocycles. The molecule has 0 saturated heterocycles. The highest BCUT2D eigenvalue weighted by atomic mass is 35.5. The Bertz CT molecular complexity index is 1220. The maximum atomic E-state index is 12.3. The number of benzene rings is 3. The zero-order valence-corrected chi connectivity index (χ0v) is 18.4. The van der Waals surface area contributed by atoms with E-state index in [0.29, 0.717) is 29.4 Å². The summed E-state index contributed by atoms with van der Waals surface area (Å²) in [7, 11) is 0. The SMILES string of the molecule is O=C(CCc1ccc(Cl)cc1)NNC(=O)c1ccc(Cn2nnc(-c3ccccc3)n2)cc1. The van der Waals surface area contributed by atoms with Gasteiger partial charge in [0.15, 0.2) is 0 Å². The van der Waals surface area contributed by atoms with E-state index in [2.05, 4.69) is 26.3 Å². The van der Waals surface area contributed by atoms with Gasteiger partial charge in [-0.3, -0.25) is 20.4 Å². The van der Waals surface area contributed by atoms with Crippen LogP contribution in [0.1, 0.15) is 27.9 Å². The van der Waals surface area contributed by atoms with Crippen molar-refractivity contribution in [3.05, 3.63) is 101 Å². The zero-order valence-electron chi connectivity index (χ0n) is 17.6. The van der Waals surface area contributed by atoms with Crippen molar-refractivity contribution < 1.29 is 9.59 Å². The van der Waals surface area contributed by atoms with Crippen LogP contribution in [0.2, 0.25) is 5.02 Å². The lowest BCUT2D eigenvalue weighted by molar-refractivity contribution is -0.121. The van der Waals surface area contributed by atoms with E-state index >= 15 is 0 Å². The van der Waals surface area contributed by atoms with Crippen molar-refractivity contribution in [1.29, 1.82) is 0 Å². The molecule has 0 bridgehead atoms. The quantitative estimate of drug-likeness (QED) is 0.411. The lowest BCUT2D eigenvalue weighted by Gasteiger charge is -2.08. The highest BCUT2D eigenvalue weighted by Crippen LogP contribution is 2.13. The molecule has 0 atom stereocenters. The van der Waals surface area contributed by atoms with Crippen LogP contribution in [0, 0.1) is 0 Å². The van der Waals surface area contributed by atoms with Gasteiger partial charge in [0.05, 0.1) is 6.54 Å². The fourth-order valence-electron chi connectivity index (χ4n) is 3.11. The van der Waals surface area contributed by atoms with E-state index in [0.717, 1.165) is 16.7 Å². The normalized spacial score (nSPS) is 10.6. The van der Waals surface area contributed by atoms with Gasteiger partial charge in [-0.05, 0) is 47.0 Å². The number of aryl methyl sites for hydroxylation is 1. The maximum Gasteiger partial charge on any atom is 0.269 e. The van der Waals surface area contributed by atoms with Crippen LogP contribution in [0.3, 0.4) is 0 Å². The second kappa shape index (κ2) is 10.5. The van der Waals surface area contributed by atoms with Gasteiger partial charge < -0.3 is 0 Å². The van der Waals surface area contributed by atoms with Gasteiger partial charge >= 0.3 is 0 Å². The lowest BCUT2D eigenvalue weighted by atomic mass is 10.1. The standard InChI is InChI=1S/C24H21ClN6O2/c25-21-13-8-17(9-14-21)10-15-22(32)26-28-24(33)20-11-6-18(7-12-20)16-31-29-23(27-30-31)19-4-2-1-3-5-19/h1-9,11-14H,10,15-16H2,(H,26,32)(H,28,33). The summed E-state index contributed by atoms with van der Waals surface area (Å²) in [6, 6.07) is 23.9. The second-order valence-electron chi connectivity index (χ2n) is 7.34. The van der Waals surface area contributed by atoms with Crippen molar-refractivity contribution in [2.75, 3.05) is 0 Å². The monoisotopic (exact) mass is 460 g/mol. The second-order valence-corrected chi connectivity index (χ2v) is 7.77. The summed E-state index contributed by atoms with van der Waals surface area (Å²) in [5.74, 6) is -0.119. The summed E-state index contributed by atoms with van der Waals surface area (Å²) < 4.78 is 0. The third-order valence-corrected chi connectivity index (χ3v) is 5.15. The molecule has 8 nitrogen and oxygen atoms in total. The van der Waals surface area contributed by atoms with Gasteiger partial charge in [-0.15, -0.1) is 10.2 Å². The lowest BCUT2D eigenvalue weighted by Crippen LogP contribution is -2.41. The van der Waals surface area contributed by atoms with Crippen LogP contribution in [0.4, 0.5) is 0 Å². The van der Waals surface area contributed by atoms with Gasteiger partial charge in [0.2, 0.25) is 11.7 Å². The van der Waals surface area contributed by atoms with Gasteiger partial charge in [0.25, 0.3) is 5.91 Å². The molecule has 2 amide bonds. The van der Waals surface area contributed by atoms with Crippen molar-refractivity contribution in [2.24, 2.45) is 0 Å². The number of hydrazine groups is 1. The molecular formula is C24H21ClN6O2. The first-order valence-corrected chi connectivity index (χ1v) is 10.7. The average molecular weight is 461 g/mol. The number of halogens is 1. The molecule has 0 spiro atoms. The number of rotatable bonds is 7. The summed E-state index contributed by atoms with van der Waals surface area (Å²) in [5.41, 5.74) is 8.10. The van der Waals surface area contributed by atoms with Crippen molar-refractivity contribution in [3.8, 4) is 11.4 Å². The number of carbonyl (C=O) groups excluding carboxylic acids is 2. The first kappa shape index (κ1) is 22.2. The first-order valence-electron chi connectivity index (χ1n) is 10.3. The van der Waals surface area contributed by atoms with Crippen LogP contribution in [0.25, 0.3) is 11.4 Å². The summed E-state index contributed by atoms with van der Waals surface area (Å²) >= 11 is 5.85. The Labute approximate surface area is 195 Å². The molecule has 9 heteroatoms. The molecule has 33 heavy (non-hydrogen) atoms. The van der Waals surface area contributed by atoms with Crippen molar-refractivity contribution in [2.45, 2.75) is 19.4 Å². The molecule has 4 rings (SSSR count). The van der Waals surface area contributed by atoms with E-state index in [4.69, 9.17) is 11.6 Å². The number of hydrogen-bond donors (Lipinski definition) is 2. The molecular weight excluding hydrogens is 440 g/mol. The number of nitrogens with one attached hydrogen (secondary N) is 2. The highest BCUT2D eigenvalue weighted by molar-refractivity contribution is 6.30. The molecule has 0 saturated carbocycles. The van der Waals surface area contributed by atoms with Gasteiger partial charge in [0, 0.05) is 22.6 Å². The third kappa shape index (κ3) is 6.24. The van der Waals surface area contributed by atoms with Crippen molar-refractivity contribution >= 4 is 23.4 Å². The van der Waals surface area contributed by atoms with E-state index in [1.165, 1.54) is 4.80 Å². The zero-order chi connectivity index (χ0) is 23.0. The van der Waals surface area contributed by atoms with Crippen molar-refractivity contribution in [1.82, 2.24) is 31.1 Å². The molecule has 0 unspecified atom stereocenters. The predicted molar refractivity (Wildman–Crippen MR) is 124 cm³/mol. The molecule has 0 fully saturated rings. The average Bonchev–Trinajstić information content (AvgIpc) is 3.31. The molecule has 0 aliphatic heterocycles. The minimum Gasteiger partial charge on any atom is -0.273 e. The Balaban J connectivity index is 1.25. The van der Waals surface area contributed by atoms with E-state index < -0.39 is 5.91 Å². The molecule has 4 aromatic rings. The molecule has 0 aliphatic carbocycles. The number of nitrogens with zero attached hydrogens (tertiary/aromatic N) is 4. The summed E-state index contributed by atoms with van der Waals surface area (Å²) in [5, 5.41) is 13.2. The molecule has 1 heterocycles. The van der Waals surface area contributed by atoms with Crippen LogP contribution < -0.4 is 10.9 Å². The fraction of sp³-hybridized carbons (Fsp3) is 0.125. The largest absolute Gasteiger partial charge is 0.273 e. The molecule has 3 aromatic carbocycles. The van der Waals surface area contributed by atoms with Gasteiger partial charge in [-0.1, -0.05) is 66.2 Å². The number of tetrazole rings is 1. The highest BCUT2D eigenvalue weighted by Gasteiger charge is 2.09. The van der Waals surface area contributed by atoms with Crippen LogP contribution in [0.5, 0.6) is 0 Å². The van der Waals surface area contributed by atoms with Crippen LogP contribution >= 0.6 is 11.6 Å². The number of amides is 2. The van der Waals surface area contributed by atoms with Crippen LogP contribution in [0.15, 0.2) is 78.9 Å². The third-order valence-electron chi connectivity index (χ3n) is 4.89. The van der Waals surface area contributed by atoms with Crippen LogP contribution in [-0.2, 0) is 17.8 Å².